The highest BCUT2D eigenvalue weighted by Gasteiger charge is 2.07. The van der Waals surface area contributed by atoms with Crippen molar-refractivity contribution in [1.29, 1.82) is 5.26 Å². The summed E-state index contributed by atoms with van der Waals surface area (Å²) in [4.78, 5) is 0. The number of nitriles is 1. The van der Waals surface area contributed by atoms with Gasteiger partial charge in [0.15, 0.2) is 0 Å². The van der Waals surface area contributed by atoms with Gasteiger partial charge in [0.1, 0.15) is 0 Å². The second-order valence-electron chi connectivity index (χ2n) is 4.70. The lowest BCUT2D eigenvalue weighted by atomic mass is 10.1. The molecule has 0 unspecified atom stereocenters. The van der Waals surface area contributed by atoms with Crippen molar-refractivity contribution in [3.8, 4) is 6.07 Å². The summed E-state index contributed by atoms with van der Waals surface area (Å²) in [6, 6.07) is 20.6. The summed E-state index contributed by atoms with van der Waals surface area (Å²) >= 11 is 0. The van der Waals surface area contributed by atoms with Gasteiger partial charge in [-0.25, -0.2) is 0 Å². The molecule has 0 aliphatic carbocycles. The molecule has 0 atom stereocenters. The smallest absolute Gasteiger partial charge is 0.0995 e. The SMILES string of the molecule is Cc1cc2ccccc2n1Cc1ccccc1C#N. The number of aromatic nitrogens is 1. The van der Waals surface area contributed by atoms with Crippen molar-refractivity contribution < 1.29 is 0 Å². The van der Waals surface area contributed by atoms with E-state index in [1.54, 1.807) is 0 Å². The monoisotopic (exact) mass is 246 g/mol. The summed E-state index contributed by atoms with van der Waals surface area (Å²) in [5.41, 5.74) is 4.25. The van der Waals surface area contributed by atoms with Gasteiger partial charge in [-0.2, -0.15) is 5.26 Å². The maximum atomic E-state index is 9.17. The van der Waals surface area contributed by atoms with Gasteiger partial charge in [-0.1, -0.05) is 36.4 Å². The van der Waals surface area contributed by atoms with Gasteiger partial charge in [0, 0.05) is 17.8 Å². The molecule has 2 nitrogen and oxygen atoms in total. The number of hydrogen-bond donors (Lipinski definition) is 0. The zero-order chi connectivity index (χ0) is 13.2. The third kappa shape index (κ3) is 2.00. The molecule has 0 spiro atoms. The molecule has 92 valence electrons. The van der Waals surface area contributed by atoms with Crippen LogP contribution in [0.25, 0.3) is 10.9 Å². The first-order valence-electron chi connectivity index (χ1n) is 6.32. The predicted molar refractivity (Wildman–Crippen MR) is 76.9 cm³/mol. The maximum Gasteiger partial charge on any atom is 0.0995 e. The van der Waals surface area contributed by atoms with E-state index in [9.17, 15) is 5.26 Å². The second-order valence-corrected chi connectivity index (χ2v) is 4.70. The van der Waals surface area contributed by atoms with Crippen LogP contribution >= 0.6 is 0 Å². The standard InChI is InChI=1S/C17H14N2/c1-13-10-14-6-4-5-9-17(14)19(13)12-16-8-3-2-7-15(16)11-18/h2-10H,12H2,1H3. The zero-order valence-corrected chi connectivity index (χ0v) is 10.8. The van der Waals surface area contributed by atoms with Crippen LogP contribution in [0, 0.1) is 18.3 Å². The second kappa shape index (κ2) is 4.62. The first-order chi connectivity index (χ1) is 9.29. The fraction of sp³-hybridized carbons (Fsp3) is 0.118. The van der Waals surface area contributed by atoms with Crippen molar-refractivity contribution in [3.05, 3.63) is 71.4 Å². The van der Waals surface area contributed by atoms with Crippen LogP contribution in [0.4, 0.5) is 0 Å². The number of aryl methyl sites for hydroxylation is 1. The Kier molecular flexibility index (Phi) is 2.81. The fourth-order valence-electron chi connectivity index (χ4n) is 2.50. The van der Waals surface area contributed by atoms with Crippen LogP contribution in [0.3, 0.4) is 0 Å². The van der Waals surface area contributed by atoms with E-state index in [0.717, 1.165) is 17.7 Å². The molecule has 3 aromatic rings. The van der Waals surface area contributed by atoms with Gasteiger partial charge in [-0.05, 0) is 36.1 Å². The van der Waals surface area contributed by atoms with Gasteiger partial charge >= 0.3 is 0 Å². The molecule has 0 fully saturated rings. The minimum absolute atomic E-state index is 0.739. The molecule has 0 radical (unpaired) electrons. The van der Waals surface area contributed by atoms with E-state index in [4.69, 9.17) is 0 Å². The quantitative estimate of drug-likeness (QED) is 0.674. The summed E-state index contributed by atoms with van der Waals surface area (Å²) in [5.74, 6) is 0. The largest absolute Gasteiger partial charge is 0.340 e. The van der Waals surface area contributed by atoms with Crippen molar-refractivity contribution >= 4 is 10.9 Å². The predicted octanol–water partition coefficient (Wildman–Crippen LogP) is 3.87. The van der Waals surface area contributed by atoms with E-state index in [-0.39, 0.29) is 0 Å². The molecule has 0 aliphatic heterocycles. The Morgan fingerprint density at radius 1 is 1.05 bits per heavy atom. The van der Waals surface area contributed by atoms with Crippen LogP contribution in [0.15, 0.2) is 54.6 Å². The Morgan fingerprint density at radius 3 is 2.63 bits per heavy atom. The maximum absolute atomic E-state index is 9.17. The summed E-state index contributed by atoms with van der Waals surface area (Å²) in [7, 11) is 0. The van der Waals surface area contributed by atoms with E-state index < -0.39 is 0 Å². The topological polar surface area (TPSA) is 28.7 Å². The van der Waals surface area contributed by atoms with E-state index in [2.05, 4.69) is 47.9 Å². The molecule has 0 saturated carbocycles. The van der Waals surface area contributed by atoms with Crippen molar-refractivity contribution in [2.75, 3.05) is 0 Å². The van der Waals surface area contributed by atoms with Gasteiger partial charge in [0.05, 0.1) is 11.6 Å². The number of fused-ring (bicyclic) bond motifs is 1. The molecule has 2 heteroatoms. The van der Waals surface area contributed by atoms with Gasteiger partial charge in [0.2, 0.25) is 0 Å². The van der Waals surface area contributed by atoms with Crippen molar-refractivity contribution in [2.24, 2.45) is 0 Å². The average Bonchev–Trinajstić information content (AvgIpc) is 2.76. The molecule has 0 aliphatic rings. The van der Waals surface area contributed by atoms with Crippen LogP contribution in [0.5, 0.6) is 0 Å². The molecule has 1 heterocycles. The summed E-state index contributed by atoms with van der Waals surface area (Å²) in [5, 5.41) is 10.4. The molecule has 1 aromatic heterocycles. The Bertz CT molecular complexity index is 775. The van der Waals surface area contributed by atoms with E-state index in [1.807, 2.05) is 24.3 Å². The number of para-hydroxylation sites is 1. The van der Waals surface area contributed by atoms with E-state index >= 15 is 0 Å². The normalized spacial score (nSPS) is 10.5. The molecule has 0 N–H and O–H groups in total. The number of nitrogens with zero attached hydrogens (tertiary/aromatic N) is 2. The molecule has 0 saturated heterocycles. The third-order valence-electron chi connectivity index (χ3n) is 3.48. The molecule has 0 amide bonds. The molecule has 0 bridgehead atoms. The average molecular weight is 246 g/mol. The van der Waals surface area contributed by atoms with Crippen LogP contribution in [-0.4, -0.2) is 4.57 Å². The molecular formula is C17H14N2. The highest BCUT2D eigenvalue weighted by Crippen LogP contribution is 2.21. The molecular weight excluding hydrogens is 232 g/mol. The van der Waals surface area contributed by atoms with Crippen LogP contribution < -0.4 is 0 Å². The number of benzene rings is 2. The number of rotatable bonds is 2. The zero-order valence-electron chi connectivity index (χ0n) is 10.8. The van der Waals surface area contributed by atoms with E-state index in [0.29, 0.717) is 0 Å². The Balaban J connectivity index is 2.11. The minimum atomic E-state index is 0.739. The lowest BCUT2D eigenvalue weighted by Gasteiger charge is -2.09. The Labute approximate surface area is 112 Å². The van der Waals surface area contributed by atoms with Gasteiger partial charge in [-0.3, -0.25) is 0 Å². The Morgan fingerprint density at radius 2 is 1.79 bits per heavy atom. The molecule has 19 heavy (non-hydrogen) atoms. The first-order valence-corrected chi connectivity index (χ1v) is 6.32. The van der Waals surface area contributed by atoms with Crippen LogP contribution in [0.2, 0.25) is 0 Å². The van der Waals surface area contributed by atoms with Crippen LogP contribution in [-0.2, 0) is 6.54 Å². The summed E-state index contributed by atoms with van der Waals surface area (Å²) in [6.45, 7) is 2.85. The van der Waals surface area contributed by atoms with Crippen molar-refractivity contribution in [1.82, 2.24) is 4.57 Å². The highest BCUT2D eigenvalue weighted by molar-refractivity contribution is 5.81. The molecule has 2 aromatic carbocycles. The number of hydrogen-bond acceptors (Lipinski definition) is 1. The van der Waals surface area contributed by atoms with Crippen molar-refractivity contribution in [2.45, 2.75) is 13.5 Å². The Hall–Kier alpha value is -2.53. The van der Waals surface area contributed by atoms with Gasteiger partial charge < -0.3 is 4.57 Å². The minimum Gasteiger partial charge on any atom is -0.340 e. The third-order valence-corrected chi connectivity index (χ3v) is 3.48. The van der Waals surface area contributed by atoms with E-state index in [1.165, 1.54) is 16.6 Å². The lowest BCUT2D eigenvalue weighted by molar-refractivity contribution is 0.803. The van der Waals surface area contributed by atoms with Gasteiger partial charge in [0.25, 0.3) is 0 Å². The molecule has 3 rings (SSSR count). The van der Waals surface area contributed by atoms with Gasteiger partial charge in [-0.15, -0.1) is 0 Å². The summed E-state index contributed by atoms with van der Waals surface area (Å²) < 4.78 is 2.26. The summed E-state index contributed by atoms with van der Waals surface area (Å²) in [6.07, 6.45) is 0. The lowest BCUT2D eigenvalue weighted by Crippen LogP contribution is -2.03. The van der Waals surface area contributed by atoms with Crippen molar-refractivity contribution in [3.63, 3.8) is 0 Å². The fourth-order valence-corrected chi connectivity index (χ4v) is 2.50. The van der Waals surface area contributed by atoms with Crippen LogP contribution in [0.1, 0.15) is 16.8 Å². The first kappa shape index (κ1) is 11.6. The highest BCUT2D eigenvalue weighted by atomic mass is 15.0.